The molecule has 0 aliphatic carbocycles. The van der Waals surface area contributed by atoms with E-state index in [2.05, 4.69) is 85.9 Å². The van der Waals surface area contributed by atoms with Crippen molar-refractivity contribution in [2.24, 2.45) is 0 Å². The molecule has 2 atom stereocenters. The number of unbranched alkanes of at least 4 members (excludes halogenated alkanes) is 2. The summed E-state index contributed by atoms with van der Waals surface area (Å²) in [6.07, 6.45) is 6.22. The van der Waals surface area contributed by atoms with Gasteiger partial charge in [0.1, 0.15) is 17.7 Å². The Morgan fingerprint density at radius 2 is 1.45 bits per heavy atom. The Kier molecular flexibility index (Phi) is 13.9. The number of amides is 2. The fourth-order valence-electron chi connectivity index (χ4n) is 7.59. The van der Waals surface area contributed by atoms with E-state index in [9.17, 15) is 9.59 Å². The first kappa shape index (κ1) is 40.1. The van der Waals surface area contributed by atoms with Crippen molar-refractivity contribution in [1.29, 1.82) is 0 Å². The van der Waals surface area contributed by atoms with Gasteiger partial charge in [0.25, 0.3) is 0 Å². The highest BCUT2D eigenvalue weighted by atomic mass is 16.2. The van der Waals surface area contributed by atoms with Gasteiger partial charge in [-0.05, 0) is 73.3 Å². The summed E-state index contributed by atoms with van der Waals surface area (Å²) < 4.78 is 0. The van der Waals surface area contributed by atoms with Crippen LogP contribution < -0.4 is 0 Å². The summed E-state index contributed by atoms with van der Waals surface area (Å²) in [5.41, 5.74) is 7.87. The molecule has 56 heavy (non-hydrogen) atoms. The molecule has 4 aromatic carbocycles. The molecular weight excluding hydrogens is 695 g/mol. The minimum Gasteiger partial charge on any atom is -0.340 e. The average molecular weight is 752 g/mol. The van der Waals surface area contributed by atoms with Crippen molar-refractivity contribution in [2.75, 3.05) is 26.2 Å². The second kappa shape index (κ2) is 19.4. The predicted octanol–water partition coefficient (Wildman–Crippen LogP) is 9.76. The van der Waals surface area contributed by atoms with Gasteiger partial charge < -0.3 is 19.8 Å². The molecule has 9 nitrogen and oxygen atoms in total. The average Bonchev–Trinajstić information content (AvgIpc) is 3.89. The molecule has 9 heteroatoms. The van der Waals surface area contributed by atoms with Crippen LogP contribution >= 0.6 is 0 Å². The van der Waals surface area contributed by atoms with Crippen molar-refractivity contribution in [2.45, 2.75) is 85.4 Å². The summed E-state index contributed by atoms with van der Waals surface area (Å²) in [6.45, 7) is 13.9. The van der Waals surface area contributed by atoms with Gasteiger partial charge in [-0.3, -0.25) is 14.5 Å². The number of aromatic amines is 2. The smallest absolute Gasteiger partial charge is 0.244 e. The predicted molar refractivity (Wildman–Crippen MR) is 227 cm³/mol. The number of hydrogen-bond donors (Lipinski definition) is 2. The molecule has 0 saturated carbocycles. The van der Waals surface area contributed by atoms with E-state index in [4.69, 9.17) is 9.97 Å². The van der Waals surface area contributed by atoms with Crippen LogP contribution in [0.3, 0.4) is 0 Å². The Labute approximate surface area is 332 Å². The standard InChI is InChI=1S/C47H57N7O2/c1-6-10-17-28-54(44(55)29-35-19-13-11-14-20-35)34(5)46-48-32-42(51-46)39-24-18-23-37(30-39)38-25-26-40-41(31-38)50-43(49-40)33-53(27-7-2)47(56)45(52(8-3)9-4)36-21-15-12-16-22-36/h11-16,18-26,30-32,34,45H,6-10,17,27-29,33H2,1-5H3,(H,48,51)(H,49,50). The fraction of sp³-hybridized carbons (Fsp3) is 0.362. The Morgan fingerprint density at radius 3 is 2.16 bits per heavy atom. The maximum absolute atomic E-state index is 14.2. The van der Waals surface area contributed by atoms with Crippen LogP contribution in [0.4, 0.5) is 0 Å². The van der Waals surface area contributed by atoms with Gasteiger partial charge >= 0.3 is 0 Å². The number of nitrogens with one attached hydrogen (secondary N) is 2. The topological polar surface area (TPSA) is 101 Å². The molecule has 0 saturated heterocycles. The molecule has 0 aliphatic heterocycles. The number of aromatic nitrogens is 4. The molecule has 0 radical (unpaired) electrons. The van der Waals surface area contributed by atoms with E-state index < -0.39 is 0 Å². The largest absolute Gasteiger partial charge is 0.340 e. The zero-order valence-corrected chi connectivity index (χ0v) is 33.7. The lowest BCUT2D eigenvalue weighted by molar-refractivity contribution is -0.138. The quantitative estimate of drug-likeness (QED) is 0.0803. The molecule has 0 fully saturated rings. The molecule has 6 rings (SSSR count). The van der Waals surface area contributed by atoms with Crippen molar-refractivity contribution in [3.63, 3.8) is 0 Å². The lowest BCUT2D eigenvalue weighted by atomic mass is 10.0. The number of carbonyl (C=O) groups excluding carboxylic acids is 2. The van der Waals surface area contributed by atoms with E-state index in [-0.39, 0.29) is 23.9 Å². The van der Waals surface area contributed by atoms with E-state index in [1.165, 1.54) is 0 Å². The van der Waals surface area contributed by atoms with Gasteiger partial charge in [0.05, 0.1) is 41.9 Å². The number of nitrogens with zero attached hydrogens (tertiary/aromatic N) is 5. The molecule has 6 aromatic rings. The van der Waals surface area contributed by atoms with Gasteiger partial charge in [0.2, 0.25) is 11.8 Å². The SMILES string of the molecule is CCCCCN(C(=O)Cc1ccccc1)C(C)c1ncc(-c2cccc(-c3ccc4nc(CN(CCC)C(=O)C(c5ccccc5)N(CC)CC)[nH]c4c3)c2)[nH]1. The highest BCUT2D eigenvalue weighted by Crippen LogP contribution is 2.30. The summed E-state index contributed by atoms with van der Waals surface area (Å²) >= 11 is 0. The van der Waals surface area contributed by atoms with Crippen molar-refractivity contribution < 1.29 is 9.59 Å². The summed E-state index contributed by atoms with van der Waals surface area (Å²) in [6, 6.07) is 34.2. The normalized spacial score (nSPS) is 12.5. The highest BCUT2D eigenvalue weighted by Gasteiger charge is 2.30. The maximum Gasteiger partial charge on any atom is 0.244 e. The third-order valence-corrected chi connectivity index (χ3v) is 10.7. The lowest BCUT2D eigenvalue weighted by Gasteiger charge is -2.33. The third-order valence-electron chi connectivity index (χ3n) is 10.7. The van der Waals surface area contributed by atoms with Gasteiger partial charge in [-0.1, -0.05) is 125 Å². The molecule has 0 bridgehead atoms. The number of benzene rings is 4. The van der Waals surface area contributed by atoms with E-state index >= 15 is 0 Å². The number of hydrogen-bond acceptors (Lipinski definition) is 5. The van der Waals surface area contributed by atoms with Gasteiger partial charge in [-0.15, -0.1) is 0 Å². The first-order valence-corrected chi connectivity index (χ1v) is 20.4. The van der Waals surface area contributed by atoms with Crippen LogP contribution in [0.15, 0.2) is 109 Å². The lowest BCUT2D eigenvalue weighted by Crippen LogP contribution is -2.43. The third kappa shape index (κ3) is 9.63. The van der Waals surface area contributed by atoms with Crippen LogP contribution in [0.1, 0.15) is 95.2 Å². The first-order chi connectivity index (χ1) is 27.3. The van der Waals surface area contributed by atoms with Crippen LogP contribution in [0.2, 0.25) is 0 Å². The summed E-state index contributed by atoms with van der Waals surface area (Å²) in [5, 5.41) is 0. The molecule has 0 spiro atoms. The minimum absolute atomic E-state index is 0.0963. The number of imidazole rings is 2. The van der Waals surface area contributed by atoms with Crippen LogP contribution in [0.25, 0.3) is 33.4 Å². The number of likely N-dealkylation sites (N-methyl/N-ethyl adjacent to an activating group) is 1. The second-order valence-electron chi connectivity index (χ2n) is 14.6. The molecule has 2 amide bonds. The Balaban J connectivity index is 1.20. The molecule has 2 heterocycles. The maximum atomic E-state index is 14.2. The van der Waals surface area contributed by atoms with Crippen molar-refractivity contribution in [3.8, 4) is 22.4 Å². The number of carbonyl (C=O) groups is 2. The van der Waals surface area contributed by atoms with Crippen molar-refractivity contribution >= 4 is 22.8 Å². The number of H-pyrrole nitrogens is 2. The van der Waals surface area contributed by atoms with E-state index in [1.54, 1.807) is 0 Å². The van der Waals surface area contributed by atoms with Crippen LogP contribution in [-0.4, -0.2) is 72.6 Å². The van der Waals surface area contributed by atoms with Gasteiger partial charge in [0, 0.05) is 18.7 Å². The van der Waals surface area contributed by atoms with Gasteiger partial charge in [-0.2, -0.15) is 0 Å². The highest BCUT2D eigenvalue weighted by molar-refractivity contribution is 5.85. The molecule has 2 aromatic heterocycles. The van der Waals surface area contributed by atoms with Gasteiger partial charge in [-0.25, -0.2) is 9.97 Å². The second-order valence-corrected chi connectivity index (χ2v) is 14.6. The Hall–Kier alpha value is -5.54. The van der Waals surface area contributed by atoms with Gasteiger partial charge in [0.15, 0.2) is 0 Å². The Bertz CT molecular complexity index is 2160. The monoisotopic (exact) mass is 751 g/mol. The van der Waals surface area contributed by atoms with Crippen molar-refractivity contribution in [1.82, 2.24) is 34.6 Å². The van der Waals surface area contributed by atoms with Crippen molar-refractivity contribution in [3.05, 3.63) is 132 Å². The summed E-state index contributed by atoms with van der Waals surface area (Å²) in [4.78, 5) is 50.8. The van der Waals surface area contributed by atoms with E-state index in [0.29, 0.717) is 26.1 Å². The molecule has 2 N–H and O–H groups in total. The van der Waals surface area contributed by atoms with Crippen LogP contribution in [-0.2, 0) is 22.6 Å². The summed E-state index contributed by atoms with van der Waals surface area (Å²) in [7, 11) is 0. The van der Waals surface area contributed by atoms with E-state index in [1.807, 2.05) is 82.7 Å². The fourth-order valence-corrected chi connectivity index (χ4v) is 7.59. The summed E-state index contributed by atoms with van der Waals surface area (Å²) in [5.74, 6) is 1.75. The Morgan fingerprint density at radius 1 is 0.732 bits per heavy atom. The minimum atomic E-state index is -0.345. The molecular formula is C47H57N7O2. The van der Waals surface area contributed by atoms with Crippen LogP contribution in [0.5, 0.6) is 0 Å². The first-order valence-electron chi connectivity index (χ1n) is 20.4. The molecule has 2 unspecified atom stereocenters. The number of rotatable bonds is 19. The van der Waals surface area contributed by atoms with E-state index in [0.717, 1.165) is 95.0 Å². The van der Waals surface area contributed by atoms with Crippen LogP contribution in [0, 0.1) is 0 Å². The zero-order chi connectivity index (χ0) is 39.4. The zero-order valence-electron chi connectivity index (χ0n) is 33.7. The molecule has 292 valence electrons. The number of fused-ring (bicyclic) bond motifs is 1. The molecule has 0 aliphatic rings.